The second kappa shape index (κ2) is 4.93. The maximum Gasteiger partial charge on any atom is 0.0789 e. The van der Waals surface area contributed by atoms with Crippen molar-refractivity contribution in [2.75, 3.05) is 30.3 Å². The fourth-order valence-electron chi connectivity index (χ4n) is 2.32. The Morgan fingerprint density at radius 2 is 2.31 bits per heavy atom. The predicted octanol–water partition coefficient (Wildman–Crippen LogP) is 2.13. The minimum Gasteiger partial charge on any atom is -0.397 e. The van der Waals surface area contributed by atoms with Crippen LogP contribution in [0.4, 0.5) is 11.4 Å². The highest BCUT2D eigenvalue weighted by atomic mass is 35.5. The first-order valence-corrected chi connectivity index (χ1v) is 6.00. The molecule has 1 aliphatic heterocycles. The van der Waals surface area contributed by atoms with E-state index < -0.39 is 0 Å². The van der Waals surface area contributed by atoms with Gasteiger partial charge in [-0.25, -0.2) is 0 Å². The van der Waals surface area contributed by atoms with E-state index in [4.69, 9.17) is 22.4 Å². The summed E-state index contributed by atoms with van der Waals surface area (Å²) < 4.78 is 0. The molecule has 88 valence electrons. The molecule has 0 saturated carbocycles. The van der Waals surface area contributed by atoms with Crippen molar-refractivity contribution < 1.29 is 5.11 Å². The molecule has 0 spiro atoms. The Balaban J connectivity index is 2.14. The van der Waals surface area contributed by atoms with Crippen molar-refractivity contribution in [3.05, 3.63) is 23.2 Å². The summed E-state index contributed by atoms with van der Waals surface area (Å²) in [5.41, 5.74) is 7.63. The molecule has 4 heteroatoms. The van der Waals surface area contributed by atoms with Crippen LogP contribution >= 0.6 is 11.6 Å². The Morgan fingerprint density at radius 1 is 1.50 bits per heavy atom. The number of hydrogen-bond donors (Lipinski definition) is 2. The first kappa shape index (κ1) is 11.6. The van der Waals surface area contributed by atoms with Crippen molar-refractivity contribution in [1.29, 1.82) is 0 Å². The van der Waals surface area contributed by atoms with Crippen molar-refractivity contribution in [2.24, 2.45) is 5.92 Å². The van der Waals surface area contributed by atoms with E-state index in [2.05, 4.69) is 4.90 Å². The van der Waals surface area contributed by atoms with E-state index in [1.54, 1.807) is 0 Å². The van der Waals surface area contributed by atoms with Crippen LogP contribution in [-0.2, 0) is 0 Å². The van der Waals surface area contributed by atoms with Gasteiger partial charge in [-0.2, -0.15) is 0 Å². The Kier molecular flexibility index (Phi) is 3.56. The first-order valence-electron chi connectivity index (χ1n) is 5.62. The molecule has 1 atom stereocenters. The molecule has 1 fully saturated rings. The standard InChI is InChI=1S/C12H17ClN2O/c13-10-2-1-3-11(14)12(10)15-6-4-9(8-15)5-7-16/h1-3,9,16H,4-8,14H2. The van der Waals surface area contributed by atoms with E-state index in [0.717, 1.165) is 37.3 Å². The zero-order valence-corrected chi connectivity index (χ0v) is 9.95. The number of para-hydroxylation sites is 1. The van der Waals surface area contributed by atoms with Crippen LogP contribution in [0.2, 0.25) is 5.02 Å². The monoisotopic (exact) mass is 240 g/mol. The van der Waals surface area contributed by atoms with Crippen molar-refractivity contribution in [2.45, 2.75) is 12.8 Å². The van der Waals surface area contributed by atoms with Gasteiger partial charge in [-0.3, -0.25) is 0 Å². The number of hydrogen-bond acceptors (Lipinski definition) is 3. The van der Waals surface area contributed by atoms with Crippen molar-refractivity contribution >= 4 is 23.0 Å². The zero-order chi connectivity index (χ0) is 11.5. The Labute approximate surface area is 101 Å². The number of nitrogens with two attached hydrogens (primary N) is 1. The summed E-state index contributed by atoms with van der Waals surface area (Å²) in [5, 5.41) is 9.64. The molecule has 1 aliphatic rings. The van der Waals surface area contributed by atoms with Gasteiger partial charge < -0.3 is 15.7 Å². The third kappa shape index (κ3) is 2.25. The summed E-state index contributed by atoms with van der Waals surface area (Å²) >= 11 is 6.16. The van der Waals surface area contributed by atoms with Crippen LogP contribution in [0.1, 0.15) is 12.8 Å². The van der Waals surface area contributed by atoms with Gasteiger partial charge in [-0.05, 0) is 30.9 Å². The molecule has 3 nitrogen and oxygen atoms in total. The molecule has 1 unspecified atom stereocenters. The topological polar surface area (TPSA) is 49.5 Å². The Morgan fingerprint density at radius 3 is 3.00 bits per heavy atom. The average Bonchev–Trinajstić information content (AvgIpc) is 2.67. The minimum absolute atomic E-state index is 0.260. The molecule has 1 aromatic carbocycles. The molecule has 16 heavy (non-hydrogen) atoms. The molecule has 1 heterocycles. The molecule has 2 rings (SSSR count). The SMILES string of the molecule is Nc1cccc(Cl)c1N1CCC(CCO)C1. The minimum atomic E-state index is 0.260. The van der Waals surface area contributed by atoms with Gasteiger partial charge in [-0.15, -0.1) is 0 Å². The van der Waals surface area contributed by atoms with Crippen LogP contribution < -0.4 is 10.6 Å². The van der Waals surface area contributed by atoms with E-state index in [9.17, 15) is 0 Å². The van der Waals surface area contributed by atoms with Gasteiger partial charge in [-0.1, -0.05) is 17.7 Å². The van der Waals surface area contributed by atoms with Crippen LogP contribution in [0.25, 0.3) is 0 Å². The van der Waals surface area contributed by atoms with Gasteiger partial charge in [0.05, 0.1) is 16.4 Å². The van der Waals surface area contributed by atoms with Gasteiger partial charge in [0.15, 0.2) is 0 Å². The first-order chi connectivity index (χ1) is 7.72. The molecule has 3 N–H and O–H groups in total. The van der Waals surface area contributed by atoms with Gasteiger partial charge in [0.1, 0.15) is 0 Å². The number of anilines is 2. The lowest BCUT2D eigenvalue weighted by Crippen LogP contribution is -2.21. The lowest BCUT2D eigenvalue weighted by molar-refractivity contribution is 0.263. The predicted molar refractivity (Wildman–Crippen MR) is 67.9 cm³/mol. The van der Waals surface area contributed by atoms with Crippen LogP contribution in [0, 0.1) is 5.92 Å². The van der Waals surface area contributed by atoms with Gasteiger partial charge in [0.2, 0.25) is 0 Å². The molecule has 0 aliphatic carbocycles. The number of aliphatic hydroxyl groups excluding tert-OH is 1. The summed E-state index contributed by atoms with van der Waals surface area (Å²) in [7, 11) is 0. The fraction of sp³-hybridized carbons (Fsp3) is 0.500. The highest BCUT2D eigenvalue weighted by Crippen LogP contribution is 2.35. The van der Waals surface area contributed by atoms with E-state index in [1.165, 1.54) is 0 Å². The van der Waals surface area contributed by atoms with Crippen LogP contribution in [-0.4, -0.2) is 24.8 Å². The maximum absolute atomic E-state index is 8.92. The van der Waals surface area contributed by atoms with Gasteiger partial charge in [0.25, 0.3) is 0 Å². The summed E-state index contributed by atoms with van der Waals surface area (Å²) in [4.78, 5) is 2.22. The molecule has 0 bridgehead atoms. The molecule has 1 aromatic rings. The summed E-state index contributed by atoms with van der Waals surface area (Å²) in [6, 6.07) is 5.61. The van der Waals surface area contributed by atoms with Crippen LogP contribution in [0.5, 0.6) is 0 Å². The number of halogens is 1. The fourth-order valence-corrected chi connectivity index (χ4v) is 2.62. The zero-order valence-electron chi connectivity index (χ0n) is 9.19. The van der Waals surface area contributed by atoms with Crippen molar-refractivity contribution in [3.8, 4) is 0 Å². The molecule has 1 saturated heterocycles. The summed E-state index contributed by atoms with van der Waals surface area (Å²) in [6.07, 6.45) is 1.96. The lowest BCUT2D eigenvalue weighted by Gasteiger charge is -2.21. The molecule has 0 amide bonds. The molecule has 0 radical (unpaired) electrons. The third-order valence-corrected chi connectivity index (χ3v) is 3.46. The summed E-state index contributed by atoms with van der Waals surface area (Å²) in [5.74, 6) is 0.556. The quantitative estimate of drug-likeness (QED) is 0.796. The Hall–Kier alpha value is -0.930. The molecular weight excluding hydrogens is 224 g/mol. The number of nitrogens with zero attached hydrogens (tertiary/aromatic N) is 1. The van der Waals surface area contributed by atoms with Crippen LogP contribution in [0.3, 0.4) is 0 Å². The third-order valence-electron chi connectivity index (χ3n) is 3.16. The van der Waals surface area contributed by atoms with E-state index >= 15 is 0 Å². The van der Waals surface area contributed by atoms with Crippen molar-refractivity contribution in [3.63, 3.8) is 0 Å². The van der Waals surface area contributed by atoms with Gasteiger partial charge >= 0.3 is 0 Å². The second-order valence-corrected chi connectivity index (χ2v) is 4.70. The summed E-state index contributed by atoms with van der Waals surface area (Å²) in [6.45, 7) is 2.17. The lowest BCUT2D eigenvalue weighted by atomic mass is 10.1. The second-order valence-electron chi connectivity index (χ2n) is 4.29. The number of benzene rings is 1. The maximum atomic E-state index is 8.92. The highest BCUT2D eigenvalue weighted by molar-refractivity contribution is 6.34. The Bertz CT molecular complexity index is 350. The van der Waals surface area contributed by atoms with Crippen LogP contribution in [0.15, 0.2) is 18.2 Å². The number of rotatable bonds is 3. The normalized spacial score (nSPS) is 20.4. The van der Waals surface area contributed by atoms with E-state index in [1.807, 2.05) is 18.2 Å². The van der Waals surface area contributed by atoms with E-state index in [-0.39, 0.29) is 6.61 Å². The average molecular weight is 241 g/mol. The van der Waals surface area contributed by atoms with Crippen molar-refractivity contribution in [1.82, 2.24) is 0 Å². The smallest absolute Gasteiger partial charge is 0.0789 e. The largest absolute Gasteiger partial charge is 0.397 e. The van der Waals surface area contributed by atoms with Gasteiger partial charge in [0, 0.05) is 19.7 Å². The van der Waals surface area contributed by atoms with E-state index in [0.29, 0.717) is 10.9 Å². The molecular formula is C12H17ClN2O. The highest BCUT2D eigenvalue weighted by Gasteiger charge is 2.24. The number of nitrogen functional groups attached to an aromatic ring is 1. The number of aliphatic hydroxyl groups is 1. The molecule has 0 aromatic heterocycles.